The van der Waals surface area contributed by atoms with Crippen LogP contribution in [0.15, 0.2) is 24.5 Å². The maximum absolute atomic E-state index is 11.1. The molecule has 2 rings (SSSR count). The highest BCUT2D eigenvalue weighted by atomic mass is 16.2. The number of hydrogen-bond acceptors (Lipinski definition) is 3. The van der Waals surface area contributed by atoms with Gasteiger partial charge in [-0.3, -0.25) is 14.5 Å². The third-order valence-corrected chi connectivity index (χ3v) is 1.76. The van der Waals surface area contributed by atoms with E-state index in [0.717, 1.165) is 4.90 Å². The second-order valence-electron chi connectivity index (χ2n) is 2.63. The second kappa shape index (κ2) is 2.85. The Bertz CT molecular complexity index is 349. The standard InChI is InChI=1S/C8H7N3O2/c12-7-1-2-8(13)11(7)5-6-9-3-4-10-6/h1-4H,5H2,(H,9,10). The predicted octanol–water partition coefficient (Wildman–Crippen LogP) is -0.165. The first kappa shape index (κ1) is 7.72. The van der Waals surface area contributed by atoms with Gasteiger partial charge in [-0.15, -0.1) is 0 Å². The Kier molecular flexibility index (Phi) is 1.70. The van der Waals surface area contributed by atoms with Crippen LogP contribution in [0.4, 0.5) is 0 Å². The molecule has 5 heteroatoms. The number of hydrogen-bond donors (Lipinski definition) is 1. The van der Waals surface area contributed by atoms with Gasteiger partial charge in [0.05, 0.1) is 6.54 Å². The lowest BCUT2D eigenvalue weighted by molar-refractivity contribution is -0.137. The Labute approximate surface area is 74.1 Å². The van der Waals surface area contributed by atoms with Crippen LogP contribution in [0, 0.1) is 0 Å². The fourth-order valence-electron chi connectivity index (χ4n) is 1.12. The Morgan fingerprint density at radius 3 is 2.54 bits per heavy atom. The van der Waals surface area contributed by atoms with Gasteiger partial charge in [-0.25, -0.2) is 4.98 Å². The molecule has 0 aromatic carbocycles. The van der Waals surface area contributed by atoms with E-state index in [4.69, 9.17) is 0 Å². The van der Waals surface area contributed by atoms with Gasteiger partial charge in [-0.1, -0.05) is 0 Å². The van der Waals surface area contributed by atoms with Crippen LogP contribution in [0.1, 0.15) is 5.82 Å². The molecule has 0 radical (unpaired) electrons. The first-order valence-electron chi connectivity index (χ1n) is 3.79. The molecule has 2 amide bonds. The van der Waals surface area contributed by atoms with Crippen molar-refractivity contribution in [1.82, 2.24) is 14.9 Å². The lowest BCUT2D eigenvalue weighted by atomic mass is 10.5. The van der Waals surface area contributed by atoms with E-state index in [9.17, 15) is 9.59 Å². The minimum absolute atomic E-state index is 0.206. The van der Waals surface area contributed by atoms with Gasteiger partial charge in [0.2, 0.25) is 0 Å². The Balaban J connectivity index is 2.11. The van der Waals surface area contributed by atoms with E-state index in [2.05, 4.69) is 9.97 Å². The van der Waals surface area contributed by atoms with Crippen molar-refractivity contribution < 1.29 is 9.59 Å². The van der Waals surface area contributed by atoms with Gasteiger partial charge in [-0.05, 0) is 0 Å². The van der Waals surface area contributed by atoms with Crippen molar-refractivity contribution in [3.8, 4) is 0 Å². The van der Waals surface area contributed by atoms with Gasteiger partial charge in [0.25, 0.3) is 11.8 Å². The van der Waals surface area contributed by atoms with Gasteiger partial charge < -0.3 is 4.98 Å². The van der Waals surface area contributed by atoms with Crippen molar-refractivity contribution in [1.29, 1.82) is 0 Å². The van der Waals surface area contributed by atoms with E-state index in [0.29, 0.717) is 5.82 Å². The first-order valence-corrected chi connectivity index (χ1v) is 3.79. The minimum atomic E-state index is -0.290. The lowest BCUT2D eigenvalue weighted by Crippen LogP contribution is -2.29. The summed E-state index contributed by atoms with van der Waals surface area (Å²) in [7, 11) is 0. The second-order valence-corrected chi connectivity index (χ2v) is 2.63. The quantitative estimate of drug-likeness (QED) is 0.638. The molecule has 0 aliphatic carbocycles. The summed E-state index contributed by atoms with van der Waals surface area (Å²) < 4.78 is 0. The smallest absolute Gasteiger partial charge is 0.254 e. The van der Waals surface area contributed by atoms with Crippen LogP contribution in [0.2, 0.25) is 0 Å². The third kappa shape index (κ3) is 1.35. The minimum Gasteiger partial charge on any atom is -0.347 e. The zero-order chi connectivity index (χ0) is 9.26. The molecule has 0 bridgehead atoms. The van der Waals surface area contributed by atoms with Crippen molar-refractivity contribution in [2.45, 2.75) is 6.54 Å². The summed E-state index contributed by atoms with van der Waals surface area (Å²) in [6, 6.07) is 0. The molecule has 0 atom stereocenters. The molecule has 1 N–H and O–H groups in total. The molecule has 0 spiro atoms. The molecule has 0 fully saturated rings. The average molecular weight is 177 g/mol. The highest BCUT2D eigenvalue weighted by Crippen LogP contribution is 2.06. The van der Waals surface area contributed by atoms with Gasteiger partial charge >= 0.3 is 0 Å². The number of nitrogens with zero attached hydrogens (tertiary/aromatic N) is 2. The Morgan fingerprint density at radius 1 is 1.31 bits per heavy atom. The molecule has 1 aromatic rings. The van der Waals surface area contributed by atoms with Gasteiger partial charge in [0.15, 0.2) is 0 Å². The Hall–Kier alpha value is -1.91. The number of imide groups is 1. The van der Waals surface area contributed by atoms with E-state index in [-0.39, 0.29) is 18.4 Å². The molecule has 0 saturated carbocycles. The number of aromatic amines is 1. The van der Waals surface area contributed by atoms with Crippen LogP contribution in [-0.4, -0.2) is 26.7 Å². The summed E-state index contributed by atoms with van der Waals surface area (Å²) in [5.74, 6) is 0.0215. The molecule has 0 saturated heterocycles. The number of rotatable bonds is 2. The number of amides is 2. The van der Waals surface area contributed by atoms with Crippen molar-refractivity contribution >= 4 is 11.8 Å². The maximum atomic E-state index is 11.1. The molecule has 66 valence electrons. The molecule has 1 aromatic heterocycles. The fraction of sp³-hybridized carbons (Fsp3) is 0.125. The zero-order valence-corrected chi connectivity index (χ0v) is 6.73. The maximum Gasteiger partial charge on any atom is 0.254 e. The number of H-pyrrole nitrogens is 1. The van der Waals surface area contributed by atoms with Gasteiger partial charge in [0.1, 0.15) is 5.82 Å². The van der Waals surface area contributed by atoms with Crippen molar-refractivity contribution in [3.63, 3.8) is 0 Å². The molecule has 0 unspecified atom stereocenters. The lowest BCUT2D eigenvalue weighted by Gasteiger charge is -2.10. The summed E-state index contributed by atoms with van der Waals surface area (Å²) in [4.78, 5) is 30.0. The summed E-state index contributed by atoms with van der Waals surface area (Å²) in [5.41, 5.74) is 0. The van der Waals surface area contributed by atoms with Crippen LogP contribution in [-0.2, 0) is 16.1 Å². The van der Waals surface area contributed by atoms with E-state index in [1.165, 1.54) is 12.2 Å². The molecule has 2 heterocycles. The molecular weight excluding hydrogens is 170 g/mol. The topological polar surface area (TPSA) is 66.1 Å². The number of imidazole rings is 1. The van der Waals surface area contributed by atoms with Gasteiger partial charge in [-0.2, -0.15) is 0 Å². The molecule has 13 heavy (non-hydrogen) atoms. The van der Waals surface area contributed by atoms with Crippen LogP contribution in [0.3, 0.4) is 0 Å². The highest BCUT2D eigenvalue weighted by molar-refractivity contribution is 6.12. The first-order chi connectivity index (χ1) is 6.27. The number of nitrogens with one attached hydrogen (secondary N) is 1. The van der Waals surface area contributed by atoms with Crippen LogP contribution < -0.4 is 0 Å². The van der Waals surface area contributed by atoms with Crippen molar-refractivity contribution in [2.24, 2.45) is 0 Å². The highest BCUT2D eigenvalue weighted by Gasteiger charge is 2.23. The average Bonchev–Trinajstić information content (AvgIpc) is 2.70. The number of aromatic nitrogens is 2. The molecule has 5 nitrogen and oxygen atoms in total. The summed E-state index contributed by atoms with van der Waals surface area (Å²) in [6.45, 7) is 0.206. The van der Waals surface area contributed by atoms with Crippen molar-refractivity contribution in [3.05, 3.63) is 30.4 Å². The zero-order valence-electron chi connectivity index (χ0n) is 6.73. The molecule has 1 aliphatic rings. The van der Waals surface area contributed by atoms with Crippen LogP contribution in [0.5, 0.6) is 0 Å². The van der Waals surface area contributed by atoms with E-state index < -0.39 is 0 Å². The number of carbonyl (C=O) groups is 2. The molecular formula is C8H7N3O2. The Morgan fingerprint density at radius 2 is 2.00 bits per heavy atom. The van der Waals surface area contributed by atoms with E-state index >= 15 is 0 Å². The third-order valence-electron chi connectivity index (χ3n) is 1.76. The predicted molar refractivity (Wildman–Crippen MR) is 43.3 cm³/mol. The van der Waals surface area contributed by atoms with Crippen LogP contribution >= 0.6 is 0 Å². The van der Waals surface area contributed by atoms with E-state index in [1.54, 1.807) is 12.4 Å². The SMILES string of the molecule is O=C1C=CC(=O)N1Cc1ncc[nH]1. The largest absolute Gasteiger partial charge is 0.347 e. The van der Waals surface area contributed by atoms with Crippen LogP contribution in [0.25, 0.3) is 0 Å². The summed E-state index contributed by atoms with van der Waals surface area (Å²) in [6.07, 6.45) is 5.73. The summed E-state index contributed by atoms with van der Waals surface area (Å²) >= 11 is 0. The van der Waals surface area contributed by atoms with Gasteiger partial charge in [0, 0.05) is 24.5 Å². The fourth-order valence-corrected chi connectivity index (χ4v) is 1.12. The monoisotopic (exact) mass is 177 g/mol. The van der Waals surface area contributed by atoms with Crippen molar-refractivity contribution in [2.75, 3.05) is 0 Å². The van der Waals surface area contributed by atoms with E-state index in [1.807, 2.05) is 0 Å². The number of carbonyl (C=O) groups excluding carboxylic acids is 2. The normalized spacial score (nSPS) is 15.8. The molecule has 1 aliphatic heterocycles. The summed E-state index contributed by atoms with van der Waals surface area (Å²) in [5, 5.41) is 0.